The number of hydrogen-bond acceptors (Lipinski definition) is 5. The number of carbonyl (C=O) groups excluding carboxylic acids is 1. The minimum atomic E-state index is -0.105. The average Bonchev–Trinajstić information content (AvgIpc) is 3.07. The Morgan fingerprint density at radius 3 is 2.91 bits per heavy atom. The van der Waals surface area contributed by atoms with Gasteiger partial charge >= 0.3 is 0 Å². The van der Waals surface area contributed by atoms with Crippen LogP contribution in [-0.4, -0.2) is 16.1 Å². The fourth-order valence-corrected chi connectivity index (χ4v) is 3.57. The largest absolute Gasteiger partial charge is 0.464 e. The zero-order valence-corrected chi connectivity index (χ0v) is 14.3. The smallest absolute Gasteiger partial charge is 0.230 e. The van der Waals surface area contributed by atoms with Gasteiger partial charge in [-0.1, -0.05) is 24.3 Å². The molecule has 0 spiro atoms. The summed E-state index contributed by atoms with van der Waals surface area (Å²) in [6.45, 7) is 6.16. The van der Waals surface area contributed by atoms with E-state index in [1.807, 2.05) is 19.9 Å². The number of carbonyl (C=O) groups is 1. The molecule has 0 unspecified atom stereocenters. The van der Waals surface area contributed by atoms with Crippen LogP contribution >= 0.6 is 11.3 Å². The average molecular weight is 329 g/mol. The highest BCUT2D eigenvalue weighted by Gasteiger charge is 2.14. The summed E-state index contributed by atoms with van der Waals surface area (Å²) in [4.78, 5) is 12.3. The molecule has 0 bridgehead atoms. The van der Waals surface area contributed by atoms with Crippen LogP contribution in [0.15, 0.2) is 22.8 Å². The normalized spacial score (nSPS) is 11.1. The molecule has 2 aromatic heterocycles. The summed E-state index contributed by atoms with van der Waals surface area (Å²) in [6.07, 6.45) is 3.83. The Kier molecular flexibility index (Phi) is 4.43. The van der Waals surface area contributed by atoms with Gasteiger partial charge in [-0.25, -0.2) is 0 Å². The maximum absolute atomic E-state index is 12.3. The third kappa shape index (κ3) is 3.42. The van der Waals surface area contributed by atoms with Crippen molar-refractivity contribution in [3.05, 3.63) is 40.1 Å². The van der Waals surface area contributed by atoms with Gasteiger partial charge in [0.05, 0.1) is 12.7 Å². The number of amides is 1. The summed E-state index contributed by atoms with van der Waals surface area (Å²) in [5.41, 5.74) is 4.00. The van der Waals surface area contributed by atoms with E-state index in [1.54, 1.807) is 6.26 Å². The standard InChI is InChI=1S/C17H19N3O2S/c1-4-5-15-19-20-17(23-15)18-14(21)8-12-9-22-13-7-10(2)6-11(3)16(12)13/h6-7,9H,4-5,8H2,1-3H3,(H,18,20,21). The van der Waals surface area contributed by atoms with Crippen molar-refractivity contribution in [1.29, 1.82) is 0 Å². The predicted octanol–water partition coefficient (Wildman–Crippen LogP) is 4.03. The number of hydrogen-bond donors (Lipinski definition) is 1. The molecule has 0 radical (unpaired) electrons. The number of aryl methyl sites for hydroxylation is 3. The summed E-state index contributed by atoms with van der Waals surface area (Å²) < 4.78 is 5.59. The number of aromatic nitrogens is 2. The number of nitrogens with one attached hydrogen (secondary N) is 1. The van der Waals surface area contributed by atoms with Crippen LogP contribution in [-0.2, 0) is 17.6 Å². The van der Waals surface area contributed by atoms with Gasteiger partial charge in [0, 0.05) is 17.4 Å². The van der Waals surface area contributed by atoms with E-state index in [1.165, 1.54) is 11.3 Å². The molecule has 3 aromatic rings. The van der Waals surface area contributed by atoms with E-state index in [0.29, 0.717) is 5.13 Å². The molecule has 0 saturated carbocycles. The van der Waals surface area contributed by atoms with Gasteiger partial charge in [0.2, 0.25) is 11.0 Å². The molecule has 0 aliphatic rings. The van der Waals surface area contributed by atoms with Gasteiger partial charge < -0.3 is 9.73 Å². The summed E-state index contributed by atoms with van der Waals surface area (Å²) in [6, 6.07) is 4.09. The summed E-state index contributed by atoms with van der Waals surface area (Å²) >= 11 is 1.43. The minimum Gasteiger partial charge on any atom is -0.464 e. The molecule has 0 aliphatic heterocycles. The van der Waals surface area contributed by atoms with Crippen LogP contribution in [0.3, 0.4) is 0 Å². The zero-order chi connectivity index (χ0) is 16.4. The molecule has 2 heterocycles. The monoisotopic (exact) mass is 329 g/mol. The third-order valence-electron chi connectivity index (χ3n) is 3.62. The fraction of sp³-hybridized carbons (Fsp3) is 0.353. The second-order valence-corrected chi connectivity index (χ2v) is 6.75. The molecule has 120 valence electrons. The summed E-state index contributed by atoms with van der Waals surface area (Å²) in [5.74, 6) is -0.105. The molecule has 1 aromatic carbocycles. The Balaban J connectivity index is 1.75. The SMILES string of the molecule is CCCc1nnc(NC(=O)Cc2coc3cc(C)cc(C)c23)s1. The number of anilines is 1. The van der Waals surface area contributed by atoms with Gasteiger partial charge in [-0.05, 0) is 37.5 Å². The minimum absolute atomic E-state index is 0.105. The molecule has 1 N–H and O–H groups in total. The van der Waals surface area contributed by atoms with Gasteiger partial charge in [-0.15, -0.1) is 10.2 Å². The van der Waals surface area contributed by atoms with E-state index in [4.69, 9.17) is 4.42 Å². The van der Waals surface area contributed by atoms with Gasteiger partial charge in [0.25, 0.3) is 0 Å². The second-order valence-electron chi connectivity index (χ2n) is 5.69. The number of furan rings is 1. The molecule has 6 heteroatoms. The van der Waals surface area contributed by atoms with Crippen molar-refractivity contribution in [2.24, 2.45) is 0 Å². The first kappa shape index (κ1) is 15.7. The van der Waals surface area contributed by atoms with Gasteiger partial charge in [0.15, 0.2) is 0 Å². The van der Waals surface area contributed by atoms with Crippen LogP contribution in [0.5, 0.6) is 0 Å². The molecule has 5 nitrogen and oxygen atoms in total. The van der Waals surface area contributed by atoms with Crippen LogP contribution in [0.1, 0.15) is 35.0 Å². The van der Waals surface area contributed by atoms with Crippen molar-refractivity contribution in [2.45, 2.75) is 40.0 Å². The molecule has 0 fully saturated rings. The highest BCUT2D eigenvalue weighted by Crippen LogP contribution is 2.27. The Labute approximate surface area is 138 Å². The van der Waals surface area contributed by atoms with Crippen molar-refractivity contribution in [1.82, 2.24) is 10.2 Å². The van der Waals surface area contributed by atoms with Gasteiger partial charge in [-0.2, -0.15) is 0 Å². The van der Waals surface area contributed by atoms with E-state index in [-0.39, 0.29) is 12.3 Å². The van der Waals surface area contributed by atoms with E-state index < -0.39 is 0 Å². The van der Waals surface area contributed by atoms with Crippen molar-refractivity contribution in [3.8, 4) is 0 Å². The van der Waals surface area contributed by atoms with E-state index in [0.717, 1.165) is 45.5 Å². The molecular weight excluding hydrogens is 310 g/mol. The zero-order valence-electron chi connectivity index (χ0n) is 13.5. The van der Waals surface area contributed by atoms with Crippen LogP contribution in [0.25, 0.3) is 11.0 Å². The Bertz CT molecular complexity index is 851. The van der Waals surface area contributed by atoms with Crippen molar-refractivity contribution >= 4 is 33.3 Å². The summed E-state index contributed by atoms with van der Waals surface area (Å²) in [5, 5.41) is 13.4. The maximum atomic E-state index is 12.3. The first-order valence-electron chi connectivity index (χ1n) is 7.66. The molecule has 0 atom stereocenters. The third-order valence-corrected chi connectivity index (χ3v) is 4.52. The van der Waals surface area contributed by atoms with Crippen LogP contribution < -0.4 is 5.32 Å². The lowest BCUT2D eigenvalue weighted by Gasteiger charge is -2.02. The lowest BCUT2D eigenvalue weighted by Crippen LogP contribution is -2.14. The predicted molar refractivity (Wildman–Crippen MR) is 91.9 cm³/mol. The van der Waals surface area contributed by atoms with Gasteiger partial charge in [-0.3, -0.25) is 4.79 Å². The quantitative estimate of drug-likeness (QED) is 0.767. The topological polar surface area (TPSA) is 68.0 Å². The molecule has 0 aliphatic carbocycles. The number of fused-ring (bicyclic) bond motifs is 1. The maximum Gasteiger partial charge on any atom is 0.230 e. The molecule has 1 amide bonds. The first-order valence-corrected chi connectivity index (χ1v) is 8.48. The molecule has 3 rings (SSSR count). The van der Waals surface area contributed by atoms with E-state index in [9.17, 15) is 4.79 Å². The molecular formula is C17H19N3O2S. The lowest BCUT2D eigenvalue weighted by molar-refractivity contribution is -0.115. The van der Waals surface area contributed by atoms with Crippen molar-refractivity contribution in [2.75, 3.05) is 5.32 Å². The second kappa shape index (κ2) is 6.50. The number of rotatable bonds is 5. The Morgan fingerprint density at radius 1 is 1.30 bits per heavy atom. The summed E-state index contributed by atoms with van der Waals surface area (Å²) in [7, 11) is 0. The van der Waals surface area contributed by atoms with Crippen molar-refractivity contribution < 1.29 is 9.21 Å². The van der Waals surface area contributed by atoms with Crippen LogP contribution in [0.2, 0.25) is 0 Å². The Hall–Kier alpha value is -2.21. The first-order chi connectivity index (χ1) is 11.1. The van der Waals surface area contributed by atoms with Crippen LogP contribution in [0, 0.1) is 13.8 Å². The Morgan fingerprint density at radius 2 is 2.13 bits per heavy atom. The van der Waals surface area contributed by atoms with Crippen LogP contribution in [0.4, 0.5) is 5.13 Å². The van der Waals surface area contributed by atoms with E-state index >= 15 is 0 Å². The highest BCUT2D eigenvalue weighted by molar-refractivity contribution is 7.15. The number of benzene rings is 1. The fourth-order valence-electron chi connectivity index (χ4n) is 2.71. The van der Waals surface area contributed by atoms with Gasteiger partial charge in [0.1, 0.15) is 10.6 Å². The highest BCUT2D eigenvalue weighted by atomic mass is 32.1. The van der Waals surface area contributed by atoms with Crippen molar-refractivity contribution in [3.63, 3.8) is 0 Å². The molecule has 23 heavy (non-hydrogen) atoms. The van der Waals surface area contributed by atoms with E-state index in [2.05, 4.69) is 28.5 Å². The lowest BCUT2D eigenvalue weighted by atomic mass is 10.0. The number of nitrogens with zero attached hydrogens (tertiary/aromatic N) is 2. The molecule has 0 saturated heterocycles.